The van der Waals surface area contributed by atoms with E-state index in [-0.39, 0.29) is 5.70 Å². The number of carbonyl (C=O) groups excluding carboxylic acids is 2. The van der Waals surface area contributed by atoms with Crippen molar-refractivity contribution < 1.29 is 9.59 Å². The van der Waals surface area contributed by atoms with E-state index in [9.17, 15) is 9.59 Å². The maximum absolute atomic E-state index is 11.9. The molecule has 0 saturated heterocycles. The number of hydrogen-bond acceptors (Lipinski definition) is 4. The molecule has 2 aromatic carbocycles. The molecule has 0 spiro atoms. The molecular weight excluding hydrogens is 228 g/mol. The predicted molar refractivity (Wildman–Crippen MR) is 69.9 cm³/mol. The largest absolute Gasteiger partial charge is 0.399 e. The van der Waals surface area contributed by atoms with Crippen LogP contribution in [0.25, 0.3) is 16.8 Å². The number of ketones is 2. The van der Waals surface area contributed by atoms with E-state index < -0.39 is 11.6 Å². The molecule has 4 nitrogen and oxygen atoms in total. The van der Waals surface area contributed by atoms with Gasteiger partial charge in [0.2, 0.25) is 11.6 Å². The molecule has 88 valence electrons. The molecule has 18 heavy (non-hydrogen) atoms. The molecule has 0 atom stereocenters. The Hall–Kier alpha value is -2.62. The lowest BCUT2D eigenvalue weighted by molar-refractivity contribution is -0.111. The first kappa shape index (κ1) is 10.5. The number of Topliss-reactive ketones (excluding diaryl/α,β-unsaturated/α-hetero) is 2. The molecule has 0 heterocycles. The lowest BCUT2D eigenvalue weighted by atomic mass is 9.89. The highest BCUT2D eigenvalue weighted by atomic mass is 16.2. The van der Waals surface area contributed by atoms with Crippen molar-refractivity contribution in [3.05, 3.63) is 47.2 Å². The molecular formula is C14H10N2O2. The molecule has 2 aromatic rings. The first-order valence-electron chi connectivity index (χ1n) is 5.46. The zero-order chi connectivity index (χ0) is 12.9. The molecule has 0 saturated carbocycles. The maximum atomic E-state index is 11.9. The third-order valence-electron chi connectivity index (χ3n) is 3.10. The first-order valence-corrected chi connectivity index (χ1v) is 5.46. The summed E-state index contributed by atoms with van der Waals surface area (Å²) >= 11 is 0. The van der Waals surface area contributed by atoms with Gasteiger partial charge in [-0.25, -0.2) is 0 Å². The van der Waals surface area contributed by atoms with Crippen LogP contribution in [0.3, 0.4) is 0 Å². The van der Waals surface area contributed by atoms with Gasteiger partial charge in [-0.1, -0.05) is 12.1 Å². The van der Waals surface area contributed by atoms with E-state index in [0.29, 0.717) is 16.8 Å². The number of fused-ring (bicyclic) bond motifs is 3. The van der Waals surface area contributed by atoms with Gasteiger partial charge in [-0.3, -0.25) is 9.59 Å². The van der Waals surface area contributed by atoms with Crippen molar-refractivity contribution in [1.82, 2.24) is 0 Å². The van der Waals surface area contributed by atoms with E-state index in [1.54, 1.807) is 30.3 Å². The minimum absolute atomic E-state index is 0.0255. The second-order valence-corrected chi connectivity index (χ2v) is 4.27. The van der Waals surface area contributed by atoms with Crippen molar-refractivity contribution in [3.8, 4) is 0 Å². The summed E-state index contributed by atoms with van der Waals surface area (Å²) in [6.45, 7) is 0. The van der Waals surface area contributed by atoms with Crippen molar-refractivity contribution >= 4 is 34.1 Å². The summed E-state index contributed by atoms with van der Waals surface area (Å²) < 4.78 is 0. The van der Waals surface area contributed by atoms with Gasteiger partial charge in [0, 0.05) is 11.3 Å². The van der Waals surface area contributed by atoms with E-state index in [4.69, 9.17) is 11.5 Å². The maximum Gasteiger partial charge on any atom is 0.249 e. The molecule has 0 amide bonds. The Morgan fingerprint density at radius 2 is 1.61 bits per heavy atom. The van der Waals surface area contributed by atoms with Gasteiger partial charge in [0.25, 0.3) is 0 Å². The van der Waals surface area contributed by atoms with E-state index in [1.165, 1.54) is 0 Å². The molecule has 1 aliphatic carbocycles. The Balaban J connectivity index is 2.44. The second-order valence-electron chi connectivity index (χ2n) is 4.27. The zero-order valence-corrected chi connectivity index (χ0v) is 9.44. The van der Waals surface area contributed by atoms with Gasteiger partial charge in [-0.15, -0.1) is 0 Å². The highest BCUT2D eigenvalue weighted by molar-refractivity contribution is 6.52. The van der Waals surface area contributed by atoms with Crippen molar-refractivity contribution in [2.45, 2.75) is 0 Å². The number of benzene rings is 2. The lowest BCUT2D eigenvalue weighted by Crippen LogP contribution is -2.25. The number of rotatable bonds is 0. The van der Waals surface area contributed by atoms with Crippen LogP contribution in [0.1, 0.15) is 15.9 Å². The Labute approximate surface area is 103 Å². The van der Waals surface area contributed by atoms with Crippen LogP contribution in [-0.2, 0) is 4.79 Å². The average molecular weight is 238 g/mol. The van der Waals surface area contributed by atoms with Crippen molar-refractivity contribution in [2.75, 3.05) is 5.73 Å². The fourth-order valence-electron chi connectivity index (χ4n) is 2.19. The fourth-order valence-corrected chi connectivity index (χ4v) is 2.19. The molecule has 0 fully saturated rings. The highest BCUT2D eigenvalue weighted by Gasteiger charge is 2.26. The van der Waals surface area contributed by atoms with Gasteiger partial charge in [0.15, 0.2) is 0 Å². The molecule has 4 heteroatoms. The number of hydrogen-bond donors (Lipinski definition) is 2. The molecule has 0 bridgehead atoms. The van der Waals surface area contributed by atoms with Crippen LogP contribution in [-0.4, -0.2) is 11.6 Å². The second kappa shape index (κ2) is 3.43. The SMILES string of the molecule is NC1=Cc2c(ccc3ccc(N)cc23)C(=O)C1=O. The van der Waals surface area contributed by atoms with Crippen LogP contribution in [0.4, 0.5) is 5.69 Å². The number of nitrogen functional groups attached to an aromatic ring is 1. The van der Waals surface area contributed by atoms with E-state index >= 15 is 0 Å². The number of carbonyl (C=O) groups is 2. The molecule has 4 N–H and O–H groups in total. The Kier molecular flexibility index (Phi) is 2.01. The van der Waals surface area contributed by atoms with Crippen molar-refractivity contribution in [1.29, 1.82) is 0 Å². The van der Waals surface area contributed by atoms with Crippen LogP contribution >= 0.6 is 0 Å². The summed E-state index contributed by atoms with van der Waals surface area (Å²) in [7, 11) is 0. The van der Waals surface area contributed by atoms with E-state index in [0.717, 1.165) is 10.8 Å². The third kappa shape index (κ3) is 1.32. The average Bonchev–Trinajstić information content (AvgIpc) is 2.36. The van der Waals surface area contributed by atoms with Gasteiger partial charge in [-0.2, -0.15) is 0 Å². The van der Waals surface area contributed by atoms with Crippen LogP contribution < -0.4 is 11.5 Å². The summed E-state index contributed by atoms with van der Waals surface area (Å²) in [5.41, 5.74) is 13.0. The quantitative estimate of drug-likeness (QED) is 0.537. The standard InChI is InChI=1S/C14H10N2O2/c15-8-3-1-7-2-4-9-11(10(7)5-8)6-12(16)14(18)13(9)17/h1-6H,15-16H2. The molecule has 0 aliphatic heterocycles. The van der Waals surface area contributed by atoms with Crippen LogP contribution in [0.15, 0.2) is 36.0 Å². The first-order chi connectivity index (χ1) is 8.58. The topological polar surface area (TPSA) is 86.2 Å². The van der Waals surface area contributed by atoms with E-state index in [1.807, 2.05) is 6.07 Å². The van der Waals surface area contributed by atoms with Gasteiger partial charge in [0.05, 0.1) is 5.70 Å². The number of nitrogens with two attached hydrogens (primary N) is 2. The molecule has 3 rings (SSSR count). The zero-order valence-electron chi connectivity index (χ0n) is 9.44. The predicted octanol–water partition coefficient (Wildman–Crippen LogP) is 1.49. The normalized spacial score (nSPS) is 14.6. The monoisotopic (exact) mass is 238 g/mol. The fraction of sp³-hybridized carbons (Fsp3) is 0. The van der Waals surface area contributed by atoms with Crippen LogP contribution in [0, 0.1) is 0 Å². The molecule has 0 aromatic heterocycles. The molecule has 0 radical (unpaired) electrons. The third-order valence-corrected chi connectivity index (χ3v) is 3.10. The summed E-state index contributed by atoms with van der Waals surface area (Å²) in [5.74, 6) is -1.21. The highest BCUT2D eigenvalue weighted by Crippen LogP contribution is 2.29. The Bertz CT molecular complexity index is 745. The lowest BCUT2D eigenvalue weighted by Gasteiger charge is -2.14. The van der Waals surface area contributed by atoms with Gasteiger partial charge in [0.1, 0.15) is 0 Å². The van der Waals surface area contributed by atoms with Gasteiger partial charge < -0.3 is 11.5 Å². The van der Waals surface area contributed by atoms with Crippen LogP contribution in [0.5, 0.6) is 0 Å². The number of anilines is 1. The summed E-state index contributed by atoms with van der Waals surface area (Å²) in [4.78, 5) is 23.4. The number of allylic oxidation sites excluding steroid dienone is 1. The summed E-state index contributed by atoms with van der Waals surface area (Å²) in [5, 5.41) is 1.78. The Morgan fingerprint density at radius 3 is 2.39 bits per heavy atom. The summed E-state index contributed by atoms with van der Waals surface area (Å²) in [6, 6.07) is 8.89. The molecule has 0 unspecified atom stereocenters. The van der Waals surface area contributed by atoms with Gasteiger partial charge >= 0.3 is 0 Å². The van der Waals surface area contributed by atoms with Crippen molar-refractivity contribution in [3.63, 3.8) is 0 Å². The smallest absolute Gasteiger partial charge is 0.249 e. The van der Waals surface area contributed by atoms with Crippen LogP contribution in [0.2, 0.25) is 0 Å². The van der Waals surface area contributed by atoms with Crippen molar-refractivity contribution in [2.24, 2.45) is 5.73 Å². The summed E-state index contributed by atoms with van der Waals surface area (Å²) in [6.07, 6.45) is 1.54. The molecule has 1 aliphatic rings. The van der Waals surface area contributed by atoms with Gasteiger partial charge in [-0.05, 0) is 40.6 Å². The van der Waals surface area contributed by atoms with E-state index in [2.05, 4.69) is 0 Å². The minimum atomic E-state index is -0.647. The minimum Gasteiger partial charge on any atom is -0.399 e. The Morgan fingerprint density at radius 1 is 0.889 bits per heavy atom.